The van der Waals surface area contributed by atoms with E-state index in [0.717, 1.165) is 72.6 Å². The highest BCUT2D eigenvalue weighted by Crippen LogP contribution is 2.50. The fourth-order valence-corrected chi connectivity index (χ4v) is 7.64. The van der Waals surface area contributed by atoms with Crippen molar-refractivity contribution in [1.82, 2.24) is 19.9 Å². The molecule has 0 radical (unpaired) electrons. The first-order valence-corrected chi connectivity index (χ1v) is 14.8. The Bertz CT molecular complexity index is 1350. The monoisotopic (exact) mass is 561 g/mol. The van der Waals surface area contributed by atoms with Gasteiger partial charge >= 0.3 is 0 Å². The first-order valence-electron chi connectivity index (χ1n) is 14.0. The van der Waals surface area contributed by atoms with Crippen molar-refractivity contribution in [3.63, 3.8) is 0 Å². The molecule has 2 N–H and O–H groups in total. The van der Waals surface area contributed by atoms with E-state index < -0.39 is 0 Å². The second-order valence-corrected chi connectivity index (χ2v) is 12.4. The maximum atomic E-state index is 6.72. The van der Waals surface area contributed by atoms with Gasteiger partial charge in [0.05, 0.1) is 29.9 Å². The second kappa shape index (κ2) is 10.8. The van der Waals surface area contributed by atoms with Gasteiger partial charge in [0.15, 0.2) is 11.6 Å². The molecule has 3 aromatic heterocycles. The van der Waals surface area contributed by atoms with Crippen LogP contribution in [0.5, 0.6) is 5.75 Å². The Morgan fingerprint density at radius 2 is 2.02 bits per heavy atom. The van der Waals surface area contributed by atoms with Gasteiger partial charge in [0.25, 0.3) is 0 Å². The molecular weight excluding hydrogens is 526 g/mol. The molecule has 2 fully saturated rings. The molecule has 1 spiro atoms. The van der Waals surface area contributed by atoms with E-state index in [1.165, 1.54) is 11.3 Å². The van der Waals surface area contributed by atoms with Gasteiger partial charge in [-0.1, -0.05) is 17.8 Å². The first kappa shape index (κ1) is 25.9. The summed E-state index contributed by atoms with van der Waals surface area (Å²) in [6.07, 6.45) is 11.5. The number of pyridine rings is 2. The van der Waals surface area contributed by atoms with Crippen LogP contribution in [0, 0.1) is 11.3 Å². The van der Waals surface area contributed by atoms with Crippen LogP contribution in [-0.2, 0) is 15.9 Å². The van der Waals surface area contributed by atoms with Gasteiger partial charge in [0, 0.05) is 56.8 Å². The lowest BCUT2D eigenvalue weighted by molar-refractivity contribution is -0.0414. The van der Waals surface area contributed by atoms with Crippen molar-refractivity contribution in [3.05, 3.63) is 54.2 Å². The van der Waals surface area contributed by atoms with Crippen LogP contribution in [0.2, 0.25) is 0 Å². The van der Waals surface area contributed by atoms with E-state index in [0.29, 0.717) is 32.0 Å². The molecular formula is C29H35N7O3S. The first-order chi connectivity index (χ1) is 19.6. The van der Waals surface area contributed by atoms with Crippen molar-refractivity contribution in [2.24, 2.45) is 17.1 Å². The Hall–Kier alpha value is -2.99. The standard InChI is InChI=1S/C29H35N7O3S/c1-37-18-38-16-19-11-20-17-39-26-23(4-8-32-28(26)36(20)15-19)40-25-14-33-24(13-34-25)35-9-5-29(6-10-35)12-22-21(27(29)30)3-2-7-31-22/h2-4,7-8,13-14,19-20,27H,5-6,9-12,15-18,30H2,1H3/t19-,20?,27-/m1/s1. The van der Waals surface area contributed by atoms with Crippen LogP contribution in [0.4, 0.5) is 11.6 Å². The van der Waals surface area contributed by atoms with Crippen molar-refractivity contribution in [1.29, 1.82) is 0 Å². The average Bonchev–Trinajstić information content (AvgIpc) is 3.53. The van der Waals surface area contributed by atoms with Gasteiger partial charge in [-0.05, 0) is 48.8 Å². The molecule has 3 aromatic rings. The highest BCUT2D eigenvalue weighted by Gasteiger charge is 2.46. The zero-order valence-corrected chi connectivity index (χ0v) is 23.6. The summed E-state index contributed by atoms with van der Waals surface area (Å²) in [5.41, 5.74) is 9.21. The Balaban J connectivity index is 0.994. The molecule has 6 heterocycles. The Labute approximate surface area is 238 Å². The third-order valence-corrected chi connectivity index (χ3v) is 9.91. The summed E-state index contributed by atoms with van der Waals surface area (Å²) >= 11 is 1.57. The predicted molar refractivity (Wildman–Crippen MR) is 152 cm³/mol. The van der Waals surface area contributed by atoms with E-state index in [9.17, 15) is 0 Å². The van der Waals surface area contributed by atoms with Crippen molar-refractivity contribution in [3.8, 4) is 5.75 Å². The van der Waals surface area contributed by atoms with Crippen LogP contribution >= 0.6 is 11.8 Å². The van der Waals surface area contributed by atoms with Crippen molar-refractivity contribution in [2.45, 2.75) is 47.7 Å². The molecule has 0 aromatic carbocycles. The minimum absolute atomic E-state index is 0.0578. The summed E-state index contributed by atoms with van der Waals surface area (Å²) < 4.78 is 16.9. The SMILES string of the molecule is COCOC[C@@H]1CC2COc3c(Sc4cnc(N5CCC6(CC5)Cc5ncccc5[C@H]6N)cn4)ccnc3N2C1. The summed E-state index contributed by atoms with van der Waals surface area (Å²) in [5.74, 6) is 3.09. The van der Waals surface area contributed by atoms with Crippen LogP contribution in [-0.4, -0.2) is 72.7 Å². The van der Waals surface area contributed by atoms with E-state index in [4.69, 9.17) is 29.9 Å². The van der Waals surface area contributed by atoms with Crippen LogP contribution in [0.1, 0.15) is 36.6 Å². The van der Waals surface area contributed by atoms with E-state index in [2.05, 4.69) is 25.8 Å². The highest BCUT2D eigenvalue weighted by molar-refractivity contribution is 7.99. The van der Waals surface area contributed by atoms with Gasteiger partial charge in [-0.25, -0.2) is 15.0 Å². The van der Waals surface area contributed by atoms with Gasteiger partial charge in [-0.2, -0.15) is 0 Å². The molecule has 11 heteroatoms. The molecule has 0 saturated carbocycles. The molecule has 7 rings (SSSR count). The third-order valence-electron chi connectivity index (χ3n) is 8.95. The number of hydrogen-bond acceptors (Lipinski definition) is 11. The van der Waals surface area contributed by atoms with Gasteiger partial charge in [0.2, 0.25) is 0 Å². The van der Waals surface area contributed by atoms with Crippen LogP contribution in [0.25, 0.3) is 0 Å². The Morgan fingerprint density at radius 1 is 1.12 bits per heavy atom. The van der Waals surface area contributed by atoms with Crippen molar-refractivity contribution in [2.75, 3.05) is 56.6 Å². The number of aromatic nitrogens is 4. The quantitative estimate of drug-likeness (QED) is 0.338. The molecule has 3 atom stereocenters. The Kier molecular flexibility index (Phi) is 6.99. The van der Waals surface area contributed by atoms with Gasteiger partial charge < -0.3 is 29.7 Å². The van der Waals surface area contributed by atoms with Crippen LogP contribution in [0.15, 0.2) is 52.9 Å². The average molecular weight is 562 g/mol. The van der Waals surface area contributed by atoms with Crippen LogP contribution < -0.4 is 20.3 Å². The van der Waals surface area contributed by atoms with E-state index in [1.807, 2.05) is 36.9 Å². The lowest BCUT2D eigenvalue weighted by Gasteiger charge is -2.42. The number of anilines is 2. The predicted octanol–water partition coefficient (Wildman–Crippen LogP) is 3.47. The molecule has 10 nitrogen and oxygen atoms in total. The zero-order valence-electron chi connectivity index (χ0n) is 22.7. The lowest BCUT2D eigenvalue weighted by Crippen LogP contribution is -2.44. The summed E-state index contributed by atoms with van der Waals surface area (Å²) in [6.45, 7) is 4.41. The number of hydrogen-bond donors (Lipinski definition) is 1. The fraction of sp³-hybridized carbons (Fsp3) is 0.517. The number of nitrogens with zero attached hydrogens (tertiary/aromatic N) is 6. The maximum absolute atomic E-state index is 6.72. The van der Waals surface area contributed by atoms with Crippen LogP contribution in [0.3, 0.4) is 0 Å². The van der Waals surface area contributed by atoms with E-state index in [1.54, 1.807) is 18.9 Å². The number of rotatable bonds is 7. The molecule has 0 amide bonds. The fourth-order valence-electron chi connectivity index (χ4n) is 6.83. The summed E-state index contributed by atoms with van der Waals surface area (Å²) in [6, 6.07) is 6.51. The number of piperidine rings is 1. The van der Waals surface area contributed by atoms with Crippen molar-refractivity contribution < 1.29 is 14.2 Å². The van der Waals surface area contributed by atoms with E-state index >= 15 is 0 Å². The molecule has 210 valence electrons. The molecule has 40 heavy (non-hydrogen) atoms. The number of ether oxygens (including phenoxy) is 3. The Morgan fingerprint density at radius 3 is 2.83 bits per heavy atom. The van der Waals surface area contributed by atoms with Gasteiger partial charge in [0.1, 0.15) is 24.2 Å². The van der Waals surface area contributed by atoms with E-state index in [-0.39, 0.29) is 11.5 Å². The molecule has 0 bridgehead atoms. The molecule has 3 aliphatic heterocycles. The lowest BCUT2D eigenvalue weighted by atomic mass is 9.73. The highest BCUT2D eigenvalue weighted by atomic mass is 32.2. The molecule has 4 aliphatic rings. The summed E-state index contributed by atoms with van der Waals surface area (Å²) in [4.78, 5) is 24.5. The number of methoxy groups -OCH3 is 1. The maximum Gasteiger partial charge on any atom is 0.175 e. The minimum atomic E-state index is 0.0578. The normalized spacial score (nSPS) is 24.5. The third kappa shape index (κ3) is 4.68. The second-order valence-electron chi connectivity index (χ2n) is 11.3. The smallest absolute Gasteiger partial charge is 0.175 e. The molecule has 2 saturated heterocycles. The molecule has 1 aliphatic carbocycles. The topological polar surface area (TPSA) is 112 Å². The number of fused-ring (bicyclic) bond motifs is 4. The zero-order chi connectivity index (χ0) is 27.1. The van der Waals surface area contributed by atoms with Crippen molar-refractivity contribution >= 4 is 23.4 Å². The summed E-state index contributed by atoms with van der Waals surface area (Å²) in [7, 11) is 1.65. The molecule has 1 unspecified atom stereocenters. The largest absolute Gasteiger partial charge is 0.486 e. The van der Waals surface area contributed by atoms with Gasteiger partial charge in [-0.3, -0.25) is 4.98 Å². The summed E-state index contributed by atoms with van der Waals surface area (Å²) in [5, 5.41) is 0.836. The number of nitrogens with two attached hydrogens (primary N) is 1. The van der Waals surface area contributed by atoms with Gasteiger partial charge in [-0.15, -0.1) is 0 Å². The minimum Gasteiger partial charge on any atom is -0.486 e.